The molecule has 0 saturated carbocycles. The van der Waals surface area contributed by atoms with Gasteiger partial charge in [-0.15, -0.1) is 0 Å². The third kappa shape index (κ3) is 5.59. The summed E-state index contributed by atoms with van der Waals surface area (Å²) in [6.45, 7) is 0.190. The zero-order valence-electron chi connectivity index (χ0n) is 13.5. The van der Waals surface area contributed by atoms with Crippen molar-refractivity contribution in [2.75, 3.05) is 6.61 Å². The summed E-state index contributed by atoms with van der Waals surface area (Å²) in [5.74, 6) is -3.36. The summed E-state index contributed by atoms with van der Waals surface area (Å²) < 4.78 is 68.4. The van der Waals surface area contributed by atoms with Crippen LogP contribution in [0.3, 0.4) is 0 Å². The van der Waals surface area contributed by atoms with E-state index in [9.17, 15) is 22.0 Å². The van der Waals surface area contributed by atoms with Gasteiger partial charge >= 0.3 is 6.18 Å². The number of benzene rings is 2. The molecular formula is C19H17F5O. The highest BCUT2D eigenvalue weighted by molar-refractivity contribution is 5.65. The van der Waals surface area contributed by atoms with E-state index in [1.54, 1.807) is 12.1 Å². The van der Waals surface area contributed by atoms with Crippen molar-refractivity contribution in [1.82, 2.24) is 0 Å². The van der Waals surface area contributed by atoms with E-state index < -0.39 is 30.2 Å². The SMILES string of the molecule is CC=CCCc1ccc(-c2cc(F)c(OCC(F)(F)F)c(F)c2)cc1. The van der Waals surface area contributed by atoms with E-state index in [0.717, 1.165) is 30.5 Å². The molecule has 0 bridgehead atoms. The first kappa shape index (κ1) is 19.0. The fraction of sp³-hybridized carbons (Fsp3) is 0.263. The monoisotopic (exact) mass is 356 g/mol. The molecule has 0 unspecified atom stereocenters. The summed E-state index contributed by atoms with van der Waals surface area (Å²) >= 11 is 0. The number of hydrogen-bond acceptors (Lipinski definition) is 1. The predicted molar refractivity (Wildman–Crippen MR) is 86.5 cm³/mol. The molecule has 25 heavy (non-hydrogen) atoms. The van der Waals surface area contributed by atoms with Gasteiger partial charge in [0.25, 0.3) is 0 Å². The smallest absolute Gasteiger partial charge is 0.422 e. The molecule has 2 rings (SSSR count). The van der Waals surface area contributed by atoms with E-state index in [0.29, 0.717) is 5.56 Å². The minimum absolute atomic E-state index is 0.231. The molecule has 0 aliphatic heterocycles. The Morgan fingerprint density at radius 3 is 2.08 bits per heavy atom. The van der Waals surface area contributed by atoms with Gasteiger partial charge in [-0.1, -0.05) is 36.4 Å². The summed E-state index contributed by atoms with van der Waals surface area (Å²) in [5.41, 5.74) is 1.87. The van der Waals surface area contributed by atoms with Crippen molar-refractivity contribution < 1.29 is 26.7 Å². The van der Waals surface area contributed by atoms with Crippen LogP contribution in [0.1, 0.15) is 18.9 Å². The van der Waals surface area contributed by atoms with Crippen molar-refractivity contribution in [3.63, 3.8) is 0 Å². The fourth-order valence-electron chi connectivity index (χ4n) is 2.30. The lowest BCUT2D eigenvalue weighted by atomic mass is 10.0. The lowest BCUT2D eigenvalue weighted by Crippen LogP contribution is -2.20. The lowest BCUT2D eigenvalue weighted by molar-refractivity contribution is -0.154. The van der Waals surface area contributed by atoms with Crippen LogP contribution in [-0.2, 0) is 6.42 Å². The number of allylic oxidation sites excluding steroid dienone is 2. The topological polar surface area (TPSA) is 9.23 Å². The maximum Gasteiger partial charge on any atom is 0.422 e. The van der Waals surface area contributed by atoms with Crippen LogP contribution in [0.4, 0.5) is 22.0 Å². The van der Waals surface area contributed by atoms with Crippen LogP contribution in [0.25, 0.3) is 11.1 Å². The highest BCUT2D eigenvalue weighted by atomic mass is 19.4. The Bertz CT molecular complexity index is 709. The number of rotatable bonds is 6. The second-order valence-corrected chi connectivity index (χ2v) is 5.48. The Balaban J connectivity index is 2.17. The lowest BCUT2D eigenvalue weighted by Gasteiger charge is -2.12. The van der Waals surface area contributed by atoms with Gasteiger partial charge in [-0.2, -0.15) is 13.2 Å². The largest absolute Gasteiger partial charge is 0.478 e. The van der Waals surface area contributed by atoms with Crippen molar-refractivity contribution in [2.24, 2.45) is 0 Å². The molecule has 0 heterocycles. The van der Waals surface area contributed by atoms with Crippen LogP contribution in [-0.4, -0.2) is 12.8 Å². The summed E-state index contributed by atoms with van der Waals surface area (Å²) in [6, 6.07) is 9.06. The van der Waals surface area contributed by atoms with Gasteiger partial charge in [0, 0.05) is 0 Å². The van der Waals surface area contributed by atoms with Gasteiger partial charge in [0.05, 0.1) is 0 Å². The number of ether oxygens (including phenoxy) is 1. The minimum Gasteiger partial charge on any atom is -0.478 e. The molecule has 2 aromatic carbocycles. The number of alkyl halides is 3. The summed E-state index contributed by atoms with van der Waals surface area (Å²) in [6.07, 6.45) is 1.07. The average Bonchev–Trinajstić information content (AvgIpc) is 2.54. The van der Waals surface area contributed by atoms with Gasteiger partial charge in [-0.25, -0.2) is 8.78 Å². The second-order valence-electron chi connectivity index (χ2n) is 5.48. The maximum atomic E-state index is 13.9. The Hall–Kier alpha value is -2.37. The van der Waals surface area contributed by atoms with Crippen LogP contribution < -0.4 is 4.74 Å². The van der Waals surface area contributed by atoms with Crippen molar-refractivity contribution >= 4 is 0 Å². The molecule has 0 aromatic heterocycles. The fourth-order valence-corrected chi connectivity index (χ4v) is 2.30. The predicted octanol–water partition coefficient (Wildman–Crippen LogP) is 6.08. The van der Waals surface area contributed by atoms with Gasteiger partial charge in [-0.3, -0.25) is 0 Å². The van der Waals surface area contributed by atoms with Gasteiger partial charge in [0.1, 0.15) is 0 Å². The van der Waals surface area contributed by atoms with E-state index in [1.807, 2.05) is 31.2 Å². The van der Waals surface area contributed by atoms with Crippen LogP contribution in [0.15, 0.2) is 48.6 Å². The summed E-state index contributed by atoms with van der Waals surface area (Å²) in [4.78, 5) is 0. The molecule has 0 aliphatic rings. The molecule has 2 aromatic rings. The quantitative estimate of drug-likeness (QED) is 0.450. The normalized spacial score (nSPS) is 11.9. The summed E-state index contributed by atoms with van der Waals surface area (Å²) in [7, 11) is 0. The molecule has 0 fully saturated rings. The molecule has 0 N–H and O–H groups in total. The Labute approximate surface area is 142 Å². The van der Waals surface area contributed by atoms with Crippen LogP contribution in [0, 0.1) is 11.6 Å². The molecule has 6 heteroatoms. The van der Waals surface area contributed by atoms with Crippen LogP contribution in [0.2, 0.25) is 0 Å². The van der Waals surface area contributed by atoms with Crippen molar-refractivity contribution in [2.45, 2.75) is 25.9 Å². The molecule has 0 amide bonds. The van der Waals surface area contributed by atoms with Gasteiger partial charge in [0.2, 0.25) is 0 Å². The first-order valence-electron chi connectivity index (χ1n) is 7.69. The number of aryl methyl sites for hydroxylation is 1. The third-order valence-corrected chi connectivity index (χ3v) is 3.50. The van der Waals surface area contributed by atoms with E-state index in [2.05, 4.69) is 4.74 Å². The van der Waals surface area contributed by atoms with Gasteiger partial charge in [-0.05, 0) is 48.6 Å². The highest BCUT2D eigenvalue weighted by Crippen LogP contribution is 2.30. The van der Waals surface area contributed by atoms with Crippen molar-refractivity contribution in [3.8, 4) is 16.9 Å². The van der Waals surface area contributed by atoms with E-state index in [4.69, 9.17) is 0 Å². The molecule has 0 radical (unpaired) electrons. The Morgan fingerprint density at radius 1 is 0.960 bits per heavy atom. The van der Waals surface area contributed by atoms with E-state index in [-0.39, 0.29) is 5.56 Å². The Morgan fingerprint density at radius 2 is 1.56 bits per heavy atom. The van der Waals surface area contributed by atoms with Crippen LogP contribution >= 0.6 is 0 Å². The molecule has 0 aliphatic carbocycles. The second kappa shape index (κ2) is 8.14. The molecule has 0 spiro atoms. The third-order valence-electron chi connectivity index (χ3n) is 3.50. The highest BCUT2D eigenvalue weighted by Gasteiger charge is 2.29. The zero-order chi connectivity index (χ0) is 18.4. The van der Waals surface area contributed by atoms with Gasteiger partial charge in [0.15, 0.2) is 24.0 Å². The number of hydrogen-bond donors (Lipinski definition) is 0. The van der Waals surface area contributed by atoms with E-state index in [1.165, 1.54) is 0 Å². The molecule has 134 valence electrons. The van der Waals surface area contributed by atoms with Gasteiger partial charge < -0.3 is 4.74 Å². The number of halogens is 5. The van der Waals surface area contributed by atoms with Crippen molar-refractivity contribution in [3.05, 3.63) is 65.7 Å². The molecule has 1 nitrogen and oxygen atoms in total. The molecule has 0 atom stereocenters. The molecule has 0 saturated heterocycles. The Kier molecular flexibility index (Phi) is 6.17. The maximum absolute atomic E-state index is 13.9. The van der Waals surface area contributed by atoms with E-state index >= 15 is 0 Å². The average molecular weight is 356 g/mol. The molecular weight excluding hydrogens is 339 g/mol. The first-order valence-corrected chi connectivity index (χ1v) is 7.69. The summed E-state index contributed by atoms with van der Waals surface area (Å²) in [5, 5.41) is 0. The standard InChI is InChI=1S/C19H17F5O/c1-2-3-4-5-13-6-8-14(9-7-13)15-10-16(20)18(17(21)11-15)25-12-19(22,23)24/h2-3,6-11H,4-5,12H2,1H3. The van der Waals surface area contributed by atoms with Crippen LogP contribution in [0.5, 0.6) is 5.75 Å². The minimum atomic E-state index is -4.67. The zero-order valence-corrected chi connectivity index (χ0v) is 13.5. The van der Waals surface area contributed by atoms with Crippen molar-refractivity contribution in [1.29, 1.82) is 0 Å². The first-order chi connectivity index (χ1) is 11.8.